The Labute approximate surface area is 85.7 Å². The average Bonchev–Trinajstić information content (AvgIpc) is 2.24. The summed E-state index contributed by atoms with van der Waals surface area (Å²) < 4.78 is 24.7. The highest BCUT2D eigenvalue weighted by molar-refractivity contribution is 4.89. The van der Waals surface area contributed by atoms with Gasteiger partial charge in [-0.1, -0.05) is 13.8 Å². The van der Waals surface area contributed by atoms with Crippen molar-refractivity contribution in [2.75, 3.05) is 26.9 Å². The van der Waals surface area contributed by atoms with E-state index in [1.807, 2.05) is 32.7 Å². The quantitative estimate of drug-likeness (QED) is 0.741. The Hall–Kier alpha value is -0.220. The maximum Gasteiger partial charge on any atom is 0.106 e. The van der Waals surface area contributed by atoms with Gasteiger partial charge in [0.05, 0.1) is 6.04 Å². The van der Waals surface area contributed by atoms with Crippen molar-refractivity contribution in [3.8, 4) is 0 Å². The molecule has 1 aliphatic heterocycles. The van der Waals surface area contributed by atoms with Crippen molar-refractivity contribution in [1.29, 1.82) is 0 Å². The van der Waals surface area contributed by atoms with Crippen LogP contribution in [0.2, 0.25) is 0 Å². The van der Waals surface area contributed by atoms with Gasteiger partial charge in [-0.15, -0.1) is 0 Å². The van der Waals surface area contributed by atoms with Gasteiger partial charge in [-0.2, -0.15) is 0 Å². The molecule has 0 spiro atoms. The van der Waals surface area contributed by atoms with E-state index in [0.717, 1.165) is 0 Å². The van der Waals surface area contributed by atoms with Crippen molar-refractivity contribution < 1.29 is 8.78 Å². The van der Waals surface area contributed by atoms with E-state index in [1.54, 1.807) is 0 Å². The minimum Gasteiger partial charge on any atom is -0.304 e. The summed E-state index contributed by atoms with van der Waals surface area (Å²) in [6.07, 6.45) is 0. The minimum absolute atomic E-state index is 0.151. The van der Waals surface area contributed by atoms with Crippen molar-refractivity contribution in [3.05, 3.63) is 0 Å². The lowest BCUT2D eigenvalue weighted by Gasteiger charge is -2.40. The Kier molecular flexibility index (Phi) is 7.01. The first kappa shape index (κ1) is 13.8. The third-order valence-corrected chi connectivity index (χ3v) is 2.59. The Morgan fingerprint density at radius 2 is 1.86 bits per heavy atom. The monoisotopic (exact) mass is 208 g/mol. The third kappa shape index (κ3) is 3.50. The highest BCUT2D eigenvalue weighted by Gasteiger charge is 2.30. The number of nitrogens with zero attached hydrogens (tertiary/aromatic N) is 1. The van der Waals surface area contributed by atoms with Crippen molar-refractivity contribution >= 4 is 0 Å². The molecule has 1 heterocycles. The predicted octanol–water partition coefficient (Wildman–Crippen LogP) is 1.61. The van der Waals surface area contributed by atoms with E-state index in [2.05, 4.69) is 5.32 Å². The van der Waals surface area contributed by atoms with Gasteiger partial charge in [0.15, 0.2) is 0 Å². The lowest BCUT2D eigenvalue weighted by Crippen LogP contribution is -2.61. The first-order chi connectivity index (χ1) is 6.69. The number of hydrogen-bond donors (Lipinski definition) is 1. The number of rotatable bonds is 2. The third-order valence-electron chi connectivity index (χ3n) is 2.59. The second-order valence-corrected chi connectivity index (χ2v) is 3.46. The first-order valence-electron chi connectivity index (χ1n) is 5.27. The van der Waals surface area contributed by atoms with Gasteiger partial charge in [-0.05, 0) is 14.0 Å². The zero-order chi connectivity index (χ0) is 11.1. The second kappa shape index (κ2) is 7.12. The van der Waals surface area contributed by atoms with Crippen LogP contribution in [0.4, 0.5) is 8.78 Å². The van der Waals surface area contributed by atoms with Crippen LogP contribution in [-0.2, 0) is 0 Å². The zero-order valence-corrected chi connectivity index (χ0v) is 9.56. The molecule has 0 aromatic carbocycles. The molecule has 14 heavy (non-hydrogen) atoms. The summed E-state index contributed by atoms with van der Waals surface area (Å²) in [7, 11) is 1.90. The normalized spacial score (nSPS) is 33.4. The lowest BCUT2D eigenvalue weighted by atomic mass is 10.0. The number of likely N-dealkylation sites (N-methyl/N-ethyl adjacent to an activating group) is 1. The summed E-state index contributed by atoms with van der Waals surface area (Å²) in [6, 6.07) is -0.269. The maximum absolute atomic E-state index is 12.4. The highest BCUT2D eigenvalue weighted by Crippen LogP contribution is 2.11. The summed E-state index contributed by atoms with van der Waals surface area (Å²) >= 11 is 0. The summed E-state index contributed by atoms with van der Waals surface area (Å²) in [5.41, 5.74) is 0. The lowest BCUT2D eigenvalue weighted by molar-refractivity contribution is 0.102. The van der Waals surface area contributed by atoms with E-state index in [0.29, 0.717) is 6.54 Å². The topological polar surface area (TPSA) is 15.3 Å². The molecule has 4 heteroatoms. The molecule has 86 valence electrons. The fraction of sp³-hybridized carbons (Fsp3) is 1.00. The molecule has 0 saturated carbocycles. The standard InChI is InChI=1S/C8H16F2N2.C2H6/c1-6-8(4-10)11-7(3-9)5-12(6)2;1-2/h6-8,11H,3-5H2,1-2H3;1-2H3. The van der Waals surface area contributed by atoms with Gasteiger partial charge in [0.25, 0.3) is 0 Å². The Balaban J connectivity index is 0.000000791. The molecule has 0 bridgehead atoms. The van der Waals surface area contributed by atoms with Crippen LogP contribution >= 0.6 is 0 Å². The molecule has 1 rings (SSSR count). The molecule has 1 aliphatic rings. The number of nitrogens with one attached hydrogen (secondary N) is 1. The molecule has 2 nitrogen and oxygen atoms in total. The first-order valence-corrected chi connectivity index (χ1v) is 5.27. The molecule has 1 fully saturated rings. The molecule has 0 aromatic rings. The van der Waals surface area contributed by atoms with Gasteiger partial charge in [-0.25, -0.2) is 8.78 Å². The number of piperazine rings is 1. The van der Waals surface area contributed by atoms with Crippen molar-refractivity contribution in [1.82, 2.24) is 10.2 Å². The molecule has 3 atom stereocenters. The summed E-state index contributed by atoms with van der Waals surface area (Å²) in [4.78, 5) is 1.99. The predicted molar refractivity (Wildman–Crippen MR) is 56.1 cm³/mol. The molecule has 0 amide bonds. The molecule has 3 unspecified atom stereocenters. The van der Waals surface area contributed by atoms with E-state index in [-0.39, 0.29) is 18.1 Å². The van der Waals surface area contributed by atoms with Gasteiger partial charge in [0, 0.05) is 18.6 Å². The summed E-state index contributed by atoms with van der Waals surface area (Å²) in [6.45, 7) is 5.76. The fourth-order valence-corrected chi connectivity index (χ4v) is 1.58. The maximum atomic E-state index is 12.4. The zero-order valence-electron chi connectivity index (χ0n) is 9.56. The average molecular weight is 208 g/mol. The van der Waals surface area contributed by atoms with Crippen LogP contribution in [-0.4, -0.2) is 50.0 Å². The summed E-state index contributed by atoms with van der Waals surface area (Å²) in [5, 5.41) is 2.94. The van der Waals surface area contributed by atoms with Crippen LogP contribution < -0.4 is 5.32 Å². The van der Waals surface area contributed by atoms with Gasteiger partial charge in [-0.3, -0.25) is 0 Å². The number of alkyl halides is 2. The van der Waals surface area contributed by atoms with E-state index in [4.69, 9.17) is 0 Å². The SMILES string of the molecule is CC.CC1C(CF)NC(CF)CN1C. The van der Waals surface area contributed by atoms with E-state index in [1.165, 1.54) is 0 Å². The Morgan fingerprint density at radius 3 is 2.29 bits per heavy atom. The molecule has 0 aromatic heterocycles. The van der Waals surface area contributed by atoms with Crippen LogP contribution in [0.1, 0.15) is 20.8 Å². The van der Waals surface area contributed by atoms with Crippen LogP contribution in [0, 0.1) is 0 Å². The van der Waals surface area contributed by atoms with E-state index in [9.17, 15) is 8.78 Å². The molecule has 1 N–H and O–H groups in total. The highest BCUT2D eigenvalue weighted by atomic mass is 19.1. The summed E-state index contributed by atoms with van der Waals surface area (Å²) in [5.74, 6) is 0. The minimum atomic E-state index is -0.429. The molecule has 0 aliphatic carbocycles. The number of halogens is 2. The molecular formula is C10H22F2N2. The van der Waals surface area contributed by atoms with E-state index < -0.39 is 13.3 Å². The van der Waals surface area contributed by atoms with Crippen LogP contribution in [0.25, 0.3) is 0 Å². The molecule has 0 radical (unpaired) electrons. The van der Waals surface area contributed by atoms with Crippen LogP contribution in [0.5, 0.6) is 0 Å². The van der Waals surface area contributed by atoms with E-state index >= 15 is 0 Å². The Morgan fingerprint density at radius 1 is 1.29 bits per heavy atom. The van der Waals surface area contributed by atoms with Gasteiger partial charge >= 0.3 is 0 Å². The second-order valence-electron chi connectivity index (χ2n) is 3.46. The van der Waals surface area contributed by atoms with Crippen LogP contribution in [0.15, 0.2) is 0 Å². The van der Waals surface area contributed by atoms with Crippen molar-refractivity contribution in [2.24, 2.45) is 0 Å². The molecule has 1 saturated heterocycles. The Bertz CT molecular complexity index is 144. The van der Waals surface area contributed by atoms with Crippen molar-refractivity contribution in [3.63, 3.8) is 0 Å². The van der Waals surface area contributed by atoms with Gasteiger partial charge < -0.3 is 10.2 Å². The van der Waals surface area contributed by atoms with Crippen molar-refractivity contribution in [2.45, 2.75) is 38.9 Å². The van der Waals surface area contributed by atoms with Crippen LogP contribution in [0.3, 0.4) is 0 Å². The van der Waals surface area contributed by atoms with Gasteiger partial charge in [0.1, 0.15) is 13.3 Å². The molecular weight excluding hydrogens is 186 g/mol. The fourth-order valence-electron chi connectivity index (χ4n) is 1.58. The van der Waals surface area contributed by atoms with Gasteiger partial charge in [0.2, 0.25) is 0 Å². The smallest absolute Gasteiger partial charge is 0.106 e. The largest absolute Gasteiger partial charge is 0.304 e. The number of hydrogen-bond acceptors (Lipinski definition) is 2.